The number of carbonyl (C=O) groups is 1. The summed E-state index contributed by atoms with van der Waals surface area (Å²) in [6, 6.07) is 5.93. The van der Waals surface area contributed by atoms with Crippen LogP contribution in [0.5, 0.6) is 0 Å². The van der Waals surface area contributed by atoms with Gasteiger partial charge in [-0.2, -0.15) is 5.10 Å². The number of aromatic nitrogens is 3. The second-order valence-corrected chi connectivity index (χ2v) is 8.58. The van der Waals surface area contributed by atoms with Crippen molar-refractivity contribution in [2.75, 3.05) is 26.2 Å². The first-order valence-electron chi connectivity index (χ1n) is 10.5. The number of carbonyl (C=O) groups excluding carboxylic acids is 1. The Hall–Kier alpha value is -2.21. The van der Waals surface area contributed by atoms with Gasteiger partial charge in [0, 0.05) is 43.9 Å². The second kappa shape index (κ2) is 8.43. The fourth-order valence-corrected chi connectivity index (χ4v) is 4.81. The number of piperidine rings is 2. The SMILES string of the molecule is Cc1cnn(CCCN2CCCC3(CCC(=O)N(Cc4ccccn4)C3)C2)c1. The molecule has 2 aliphatic rings. The monoisotopic (exact) mass is 381 g/mol. The maximum atomic E-state index is 12.5. The van der Waals surface area contributed by atoms with Crippen LogP contribution in [0.15, 0.2) is 36.8 Å². The molecule has 150 valence electrons. The molecule has 4 heterocycles. The molecule has 2 aromatic rings. The number of aryl methyl sites for hydroxylation is 2. The van der Waals surface area contributed by atoms with Gasteiger partial charge in [-0.1, -0.05) is 6.07 Å². The lowest BCUT2D eigenvalue weighted by Gasteiger charge is -2.48. The van der Waals surface area contributed by atoms with E-state index in [1.54, 1.807) is 0 Å². The third kappa shape index (κ3) is 4.61. The summed E-state index contributed by atoms with van der Waals surface area (Å²) in [5.74, 6) is 0.280. The molecule has 4 rings (SSSR count). The molecule has 2 saturated heterocycles. The van der Waals surface area contributed by atoms with Crippen LogP contribution in [0.25, 0.3) is 0 Å². The zero-order chi connectivity index (χ0) is 19.4. The Morgan fingerprint density at radius 2 is 2.11 bits per heavy atom. The largest absolute Gasteiger partial charge is 0.336 e. The summed E-state index contributed by atoms with van der Waals surface area (Å²) < 4.78 is 2.04. The van der Waals surface area contributed by atoms with Gasteiger partial charge >= 0.3 is 0 Å². The molecule has 0 aromatic carbocycles. The van der Waals surface area contributed by atoms with E-state index in [1.807, 2.05) is 40.2 Å². The smallest absolute Gasteiger partial charge is 0.222 e. The average molecular weight is 382 g/mol. The molecule has 2 fully saturated rings. The van der Waals surface area contributed by atoms with Gasteiger partial charge in [0.25, 0.3) is 0 Å². The van der Waals surface area contributed by atoms with E-state index in [-0.39, 0.29) is 11.3 Å². The van der Waals surface area contributed by atoms with Crippen molar-refractivity contribution in [3.05, 3.63) is 48.0 Å². The fourth-order valence-electron chi connectivity index (χ4n) is 4.81. The third-order valence-corrected chi connectivity index (χ3v) is 6.19. The Labute approximate surface area is 167 Å². The van der Waals surface area contributed by atoms with Crippen molar-refractivity contribution in [2.45, 2.75) is 52.1 Å². The lowest BCUT2D eigenvalue weighted by molar-refractivity contribution is -0.140. The number of nitrogens with zero attached hydrogens (tertiary/aromatic N) is 5. The van der Waals surface area contributed by atoms with Crippen molar-refractivity contribution in [1.82, 2.24) is 24.6 Å². The maximum Gasteiger partial charge on any atom is 0.222 e. The summed E-state index contributed by atoms with van der Waals surface area (Å²) in [6.07, 6.45) is 11.1. The molecule has 0 radical (unpaired) electrons. The van der Waals surface area contributed by atoms with Gasteiger partial charge in [-0.3, -0.25) is 14.5 Å². The van der Waals surface area contributed by atoms with Crippen molar-refractivity contribution in [3.8, 4) is 0 Å². The van der Waals surface area contributed by atoms with E-state index in [2.05, 4.69) is 28.1 Å². The predicted octanol–water partition coefficient (Wildman–Crippen LogP) is 2.88. The van der Waals surface area contributed by atoms with Crippen LogP contribution in [0.3, 0.4) is 0 Å². The van der Waals surface area contributed by atoms with Crippen LogP contribution < -0.4 is 0 Å². The van der Waals surface area contributed by atoms with Crippen molar-refractivity contribution >= 4 is 5.91 Å². The molecular formula is C22H31N5O. The van der Waals surface area contributed by atoms with Crippen LogP contribution in [0, 0.1) is 12.3 Å². The number of amides is 1. The topological polar surface area (TPSA) is 54.3 Å². The number of hydrogen-bond donors (Lipinski definition) is 0. The van der Waals surface area contributed by atoms with Crippen LogP contribution in [0.2, 0.25) is 0 Å². The molecular weight excluding hydrogens is 350 g/mol. The minimum absolute atomic E-state index is 0.253. The lowest BCUT2D eigenvalue weighted by atomic mass is 9.73. The van der Waals surface area contributed by atoms with Gasteiger partial charge < -0.3 is 9.80 Å². The van der Waals surface area contributed by atoms with Gasteiger partial charge in [-0.25, -0.2) is 0 Å². The summed E-state index contributed by atoms with van der Waals surface area (Å²) in [5, 5.41) is 4.39. The second-order valence-electron chi connectivity index (χ2n) is 8.58. The Kier molecular flexibility index (Phi) is 5.76. The van der Waals surface area contributed by atoms with Crippen LogP contribution >= 0.6 is 0 Å². The van der Waals surface area contributed by atoms with E-state index >= 15 is 0 Å². The minimum Gasteiger partial charge on any atom is -0.336 e. The molecule has 6 heteroatoms. The van der Waals surface area contributed by atoms with E-state index in [9.17, 15) is 4.79 Å². The highest BCUT2D eigenvalue weighted by molar-refractivity contribution is 5.77. The Bertz CT molecular complexity index is 789. The first kappa shape index (κ1) is 19.1. The molecule has 1 amide bonds. The molecule has 2 aromatic heterocycles. The highest BCUT2D eigenvalue weighted by Gasteiger charge is 2.41. The van der Waals surface area contributed by atoms with E-state index in [0.717, 1.165) is 44.7 Å². The highest BCUT2D eigenvalue weighted by atomic mass is 16.2. The van der Waals surface area contributed by atoms with E-state index < -0.39 is 0 Å². The normalized spacial score (nSPS) is 23.5. The van der Waals surface area contributed by atoms with Gasteiger partial charge in [-0.15, -0.1) is 0 Å². The summed E-state index contributed by atoms with van der Waals surface area (Å²) in [7, 11) is 0. The Balaban J connectivity index is 1.33. The summed E-state index contributed by atoms with van der Waals surface area (Å²) in [4.78, 5) is 21.6. The molecule has 2 aliphatic heterocycles. The summed E-state index contributed by atoms with van der Waals surface area (Å²) in [5.41, 5.74) is 2.45. The van der Waals surface area contributed by atoms with Gasteiger partial charge in [0.2, 0.25) is 5.91 Å². The van der Waals surface area contributed by atoms with E-state index in [1.165, 1.54) is 24.9 Å². The van der Waals surface area contributed by atoms with E-state index in [4.69, 9.17) is 0 Å². The Morgan fingerprint density at radius 3 is 2.89 bits per heavy atom. The minimum atomic E-state index is 0.253. The lowest BCUT2D eigenvalue weighted by Crippen LogP contribution is -2.53. The van der Waals surface area contributed by atoms with Gasteiger partial charge in [0.15, 0.2) is 0 Å². The van der Waals surface area contributed by atoms with Crippen LogP contribution in [-0.2, 0) is 17.9 Å². The fraction of sp³-hybridized carbons (Fsp3) is 0.591. The van der Waals surface area contributed by atoms with Crippen molar-refractivity contribution < 1.29 is 4.79 Å². The summed E-state index contributed by atoms with van der Waals surface area (Å²) in [6.45, 7) is 7.96. The van der Waals surface area contributed by atoms with Crippen LogP contribution in [-0.4, -0.2) is 56.7 Å². The molecule has 0 saturated carbocycles. The first-order valence-corrected chi connectivity index (χ1v) is 10.5. The standard InChI is InChI=1S/C22H31N5O/c1-19-14-24-27(15-19)13-5-12-25-11-4-8-22(17-25)9-7-21(28)26(18-22)16-20-6-2-3-10-23-20/h2-3,6,10,14-15H,4-5,7-9,11-13,16-18H2,1H3. The van der Waals surface area contributed by atoms with Gasteiger partial charge in [0.05, 0.1) is 18.4 Å². The van der Waals surface area contributed by atoms with Crippen LogP contribution in [0.4, 0.5) is 0 Å². The average Bonchev–Trinajstić information content (AvgIpc) is 3.11. The molecule has 0 N–H and O–H groups in total. The molecule has 0 aliphatic carbocycles. The highest BCUT2D eigenvalue weighted by Crippen LogP contribution is 2.39. The number of rotatable bonds is 6. The molecule has 1 unspecified atom stereocenters. The zero-order valence-electron chi connectivity index (χ0n) is 16.9. The number of hydrogen-bond acceptors (Lipinski definition) is 4. The van der Waals surface area contributed by atoms with E-state index in [0.29, 0.717) is 13.0 Å². The van der Waals surface area contributed by atoms with Crippen molar-refractivity contribution in [2.24, 2.45) is 5.41 Å². The molecule has 28 heavy (non-hydrogen) atoms. The number of likely N-dealkylation sites (tertiary alicyclic amines) is 2. The van der Waals surface area contributed by atoms with Crippen molar-refractivity contribution in [1.29, 1.82) is 0 Å². The molecule has 1 atom stereocenters. The van der Waals surface area contributed by atoms with Gasteiger partial charge in [-0.05, 0) is 63.4 Å². The molecule has 0 bridgehead atoms. The molecule has 1 spiro atoms. The third-order valence-electron chi connectivity index (χ3n) is 6.19. The zero-order valence-corrected chi connectivity index (χ0v) is 16.9. The predicted molar refractivity (Wildman–Crippen MR) is 109 cm³/mol. The maximum absolute atomic E-state index is 12.5. The number of pyridine rings is 1. The molecule has 6 nitrogen and oxygen atoms in total. The van der Waals surface area contributed by atoms with Crippen molar-refractivity contribution in [3.63, 3.8) is 0 Å². The first-order chi connectivity index (χ1) is 13.6. The summed E-state index contributed by atoms with van der Waals surface area (Å²) >= 11 is 0. The Morgan fingerprint density at radius 1 is 1.18 bits per heavy atom. The van der Waals surface area contributed by atoms with Gasteiger partial charge in [0.1, 0.15) is 0 Å². The van der Waals surface area contributed by atoms with Crippen LogP contribution in [0.1, 0.15) is 43.4 Å². The quantitative estimate of drug-likeness (QED) is 0.772.